The number of nitrogens with two attached hydrogens (primary N) is 1. The molecule has 0 aromatic carbocycles. The van der Waals surface area contributed by atoms with E-state index in [-0.39, 0.29) is 31.9 Å². The summed E-state index contributed by atoms with van der Waals surface area (Å²) in [6.45, 7) is 4.08. The van der Waals surface area contributed by atoms with E-state index in [1.54, 1.807) is 14.0 Å². The topological polar surface area (TPSA) is 121 Å². The van der Waals surface area contributed by atoms with Gasteiger partial charge in [-0.1, -0.05) is 0 Å². The Morgan fingerprint density at radius 2 is 1.94 bits per heavy atom. The van der Waals surface area contributed by atoms with Crippen molar-refractivity contribution < 1.29 is 22.8 Å². The maximum Gasteiger partial charge on any atom is 0.433 e. The molecular weight excluding hydrogens is 459 g/mol. The Kier molecular flexibility index (Phi) is 5.44. The zero-order chi connectivity index (χ0) is 24.1. The van der Waals surface area contributed by atoms with Gasteiger partial charge in [-0.15, -0.1) is 11.3 Å². The van der Waals surface area contributed by atoms with Crippen LogP contribution in [0.25, 0.3) is 21.3 Å². The average molecular weight is 477 g/mol. The number of rotatable bonds is 5. The minimum Gasteiger partial charge on any atom is -0.365 e. The smallest absolute Gasteiger partial charge is 0.365 e. The Labute approximate surface area is 189 Å². The van der Waals surface area contributed by atoms with E-state index in [4.69, 9.17) is 5.73 Å². The predicted octanol–water partition coefficient (Wildman–Crippen LogP) is 3.59. The number of hydrogen-bond acceptors (Lipinski definition) is 6. The summed E-state index contributed by atoms with van der Waals surface area (Å²) in [5, 5.41) is 11.0. The highest BCUT2D eigenvalue weighted by atomic mass is 32.1. The fourth-order valence-corrected chi connectivity index (χ4v) is 4.36. The first kappa shape index (κ1) is 22.5. The average Bonchev–Trinajstić information content (AvgIpc) is 3.45. The van der Waals surface area contributed by atoms with Gasteiger partial charge in [0.2, 0.25) is 0 Å². The maximum atomic E-state index is 13.6. The van der Waals surface area contributed by atoms with Crippen molar-refractivity contribution in [2.45, 2.75) is 26.6 Å². The molecule has 4 aromatic rings. The minimum absolute atomic E-state index is 0.00349. The fraction of sp³-hybridized carbons (Fsp3) is 0.250. The molecule has 0 radical (unpaired) electrons. The lowest BCUT2D eigenvalue weighted by Crippen LogP contribution is -2.16. The van der Waals surface area contributed by atoms with Crippen molar-refractivity contribution in [1.82, 2.24) is 24.5 Å². The first-order chi connectivity index (χ1) is 15.5. The van der Waals surface area contributed by atoms with Crippen LogP contribution in [0.1, 0.15) is 38.3 Å². The number of aryl methyl sites for hydroxylation is 2. The van der Waals surface area contributed by atoms with Crippen molar-refractivity contribution >= 4 is 39.1 Å². The second kappa shape index (κ2) is 7.99. The molecule has 4 rings (SSSR count). The molecule has 2 amide bonds. The van der Waals surface area contributed by atoms with E-state index < -0.39 is 23.7 Å². The van der Waals surface area contributed by atoms with E-state index in [1.165, 1.54) is 28.0 Å². The van der Waals surface area contributed by atoms with Crippen LogP contribution >= 0.6 is 11.3 Å². The van der Waals surface area contributed by atoms with E-state index in [1.807, 2.05) is 6.92 Å². The highest BCUT2D eigenvalue weighted by Crippen LogP contribution is 2.44. The number of primary amides is 1. The van der Waals surface area contributed by atoms with Crippen LogP contribution in [-0.2, 0) is 19.8 Å². The summed E-state index contributed by atoms with van der Waals surface area (Å²) in [7, 11) is 1.65. The van der Waals surface area contributed by atoms with Crippen LogP contribution in [-0.4, -0.2) is 36.4 Å². The minimum atomic E-state index is -4.73. The Hall–Kier alpha value is -3.74. The van der Waals surface area contributed by atoms with Crippen LogP contribution in [0.15, 0.2) is 24.7 Å². The number of carbonyl (C=O) groups is 2. The molecule has 0 saturated carbocycles. The second-order valence-electron chi connectivity index (χ2n) is 7.21. The highest BCUT2D eigenvalue weighted by molar-refractivity contribution is 7.21. The van der Waals surface area contributed by atoms with Gasteiger partial charge >= 0.3 is 6.18 Å². The van der Waals surface area contributed by atoms with Gasteiger partial charge in [0.15, 0.2) is 0 Å². The van der Waals surface area contributed by atoms with E-state index in [0.717, 1.165) is 6.07 Å². The van der Waals surface area contributed by atoms with Gasteiger partial charge in [-0.2, -0.15) is 23.4 Å². The van der Waals surface area contributed by atoms with E-state index >= 15 is 0 Å². The third-order valence-corrected chi connectivity index (χ3v) is 6.26. The molecule has 4 heterocycles. The Bertz CT molecular complexity index is 1400. The number of hydrogen-bond donors (Lipinski definition) is 2. The molecule has 0 spiro atoms. The van der Waals surface area contributed by atoms with Crippen molar-refractivity contribution in [3.63, 3.8) is 0 Å². The van der Waals surface area contributed by atoms with Crippen LogP contribution in [0.4, 0.5) is 18.9 Å². The van der Waals surface area contributed by atoms with Gasteiger partial charge in [0.1, 0.15) is 15.4 Å². The van der Waals surface area contributed by atoms with Crippen LogP contribution < -0.4 is 11.1 Å². The quantitative estimate of drug-likeness (QED) is 0.455. The van der Waals surface area contributed by atoms with Crippen LogP contribution in [0.5, 0.6) is 0 Å². The van der Waals surface area contributed by atoms with Gasteiger partial charge in [0, 0.05) is 36.4 Å². The summed E-state index contributed by atoms with van der Waals surface area (Å²) < 4.78 is 43.9. The highest BCUT2D eigenvalue weighted by Gasteiger charge is 2.35. The lowest BCUT2D eigenvalue weighted by atomic mass is 10.0. The molecule has 3 N–H and O–H groups in total. The monoisotopic (exact) mass is 477 g/mol. The summed E-state index contributed by atoms with van der Waals surface area (Å²) in [5.74, 6) is -1.49. The first-order valence-electron chi connectivity index (χ1n) is 9.68. The fourth-order valence-electron chi connectivity index (χ4n) is 3.35. The lowest BCUT2D eigenvalue weighted by molar-refractivity contribution is -0.140. The number of pyridine rings is 1. The van der Waals surface area contributed by atoms with E-state index in [0.29, 0.717) is 29.1 Å². The molecule has 0 fully saturated rings. The predicted molar refractivity (Wildman–Crippen MR) is 116 cm³/mol. The van der Waals surface area contributed by atoms with Gasteiger partial charge in [-0.25, -0.2) is 4.98 Å². The molecule has 13 heteroatoms. The molecule has 9 nitrogen and oxygen atoms in total. The van der Waals surface area contributed by atoms with Crippen LogP contribution in [0.2, 0.25) is 0 Å². The molecule has 0 unspecified atom stereocenters. The van der Waals surface area contributed by atoms with Crippen LogP contribution in [0.3, 0.4) is 0 Å². The van der Waals surface area contributed by atoms with Crippen LogP contribution in [0, 0.1) is 6.92 Å². The SMILES string of the molecule is CCn1cc(C(=O)Nc2c(C(N)=O)sc3nc(C(F)(F)F)cc(-c4cnn(C)c4C)c23)cn1. The molecular formula is C20H18F3N7O2S. The number of anilines is 1. The largest absolute Gasteiger partial charge is 0.433 e. The first-order valence-corrected chi connectivity index (χ1v) is 10.5. The Morgan fingerprint density at radius 1 is 1.21 bits per heavy atom. The Balaban J connectivity index is 1.98. The summed E-state index contributed by atoms with van der Waals surface area (Å²) in [6, 6.07) is 0.884. The molecule has 0 aliphatic heterocycles. The van der Waals surface area contributed by atoms with Gasteiger partial charge in [-0.05, 0) is 25.5 Å². The van der Waals surface area contributed by atoms with Gasteiger partial charge in [-0.3, -0.25) is 19.0 Å². The zero-order valence-corrected chi connectivity index (χ0v) is 18.5. The van der Waals surface area contributed by atoms with Gasteiger partial charge in [0.05, 0.1) is 23.6 Å². The molecule has 33 heavy (non-hydrogen) atoms. The second-order valence-corrected chi connectivity index (χ2v) is 8.21. The lowest BCUT2D eigenvalue weighted by Gasteiger charge is -2.12. The summed E-state index contributed by atoms with van der Waals surface area (Å²) >= 11 is 0.682. The van der Waals surface area contributed by atoms with Gasteiger partial charge in [0.25, 0.3) is 11.8 Å². The normalized spacial score (nSPS) is 11.8. The van der Waals surface area contributed by atoms with Crippen molar-refractivity contribution in [3.8, 4) is 11.1 Å². The number of carbonyl (C=O) groups excluding carboxylic acids is 2. The molecule has 4 aromatic heterocycles. The maximum absolute atomic E-state index is 13.6. The molecule has 0 bridgehead atoms. The third-order valence-electron chi connectivity index (χ3n) is 5.16. The number of amides is 2. The van der Waals surface area contributed by atoms with E-state index in [9.17, 15) is 22.8 Å². The Morgan fingerprint density at radius 3 is 2.48 bits per heavy atom. The summed E-state index contributed by atoms with van der Waals surface area (Å²) in [6.07, 6.45) is -0.444. The van der Waals surface area contributed by atoms with Crippen molar-refractivity contribution in [3.05, 3.63) is 46.5 Å². The van der Waals surface area contributed by atoms with Crippen molar-refractivity contribution in [2.24, 2.45) is 12.8 Å². The van der Waals surface area contributed by atoms with Crippen molar-refractivity contribution in [2.75, 3.05) is 5.32 Å². The standard InChI is InChI=1S/C20H18F3N7O2S/c1-4-30-8-10(6-26-30)18(32)28-15-14-11(12-7-25-29(3)9(12)2)5-13(20(21,22)23)27-19(14)33-16(15)17(24)31/h5-8H,4H2,1-3H3,(H2,24,31)(H,28,32). The number of aromatic nitrogens is 5. The number of nitrogens with one attached hydrogen (secondary N) is 1. The summed E-state index contributed by atoms with van der Waals surface area (Å²) in [4.78, 5) is 28.6. The van der Waals surface area contributed by atoms with Gasteiger partial charge < -0.3 is 11.1 Å². The number of alkyl halides is 3. The third kappa shape index (κ3) is 3.95. The molecule has 0 saturated heterocycles. The van der Waals surface area contributed by atoms with E-state index in [2.05, 4.69) is 20.5 Å². The number of halogens is 3. The molecule has 0 atom stereocenters. The zero-order valence-electron chi connectivity index (χ0n) is 17.7. The molecule has 172 valence electrons. The summed E-state index contributed by atoms with van der Waals surface area (Å²) in [5.41, 5.74) is 5.70. The molecule has 0 aliphatic carbocycles. The number of nitrogens with zero attached hydrogens (tertiary/aromatic N) is 5. The number of thiophene rings is 1. The molecule has 0 aliphatic rings. The van der Waals surface area contributed by atoms with Crippen molar-refractivity contribution in [1.29, 1.82) is 0 Å². The number of fused-ring (bicyclic) bond motifs is 1.